The highest BCUT2D eigenvalue weighted by Crippen LogP contribution is 2.36. The first-order valence-electron chi connectivity index (χ1n) is 12.5. The minimum Gasteiger partial charge on any atom is -0.491 e. The summed E-state index contributed by atoms with van der Waals surface area (Å²) in [6.07, 6.45) is 7.71. The van der Waals surface area contributed by atoms with Crippen molar-refractivity contribution in [3.63, 3.8) is 0 Å². The lowest BCUT2D eigenvalue weighted by atomic mass is 10.2. The number of ether oxygens (including phenoxy) is 1. The molecule has 1 aliphatic heterocycles. The average Bonchev–Trinajstić information content (AvgIpc) is 3.56. The molecule has 3 aromatic heterocycles. The first kappa shape index (κ1) is 25.4. The average molecular weight is 537 g/mol. The van der Waals surface area contributed by atoms with Gasteiger partial charge in [0.1, 0.15) is 18.1 Å². The van der Waals surface area contributed by atoms with Crippen LogP contribution in [0.15, 0.2) is 53.6 Å². The minimum atomic E-state index is -0.0739. The Balaban J connectivity index is 1.33. The molecule has 0 bridgehead atoms. The molecule has 1 fully saturated rings. The molecule has 4 aromatic rings. The standard InChI is InChI=1S/C27H29ClN6O2S/c1-2-5-24-33-25(22-17-19(35)8-10-29-22)26(37-24)21-9-11-30-27(32-21)31-18-6-7-23(20(28)16-18)36-15-14-34-12-3-4-13-34/h6-11,16-17H,2-5,12-15H2,1H3,(H,29,35)(H,30,31,32). The number of aryl methyl sites for hydroxylation is 1. The topological polar surface area (TPSA) is 96.0 Å². The first-order chi connectivity index (χ1) is 18.1. The number of aromatic nitrogens is 4. The quantitative estimate of drug-likeness (QED) is 0.265. The molecule has 37 heavy (non-hydrogen) atoms. The zero-order valence-corrected chi connectivity index (χ0v) is 22.2. The van der Waals surface area contributed by atoms with Crippen molar-refractivity contribution in [2.45, 2.75) is 32.6 Å². The van der Waals surface area contributed by atoms with Crippen molar-refractivity contribution < 1.29 is 4.74 Å². The maximum Gasteiger partial charge on any atom is 0.227 e. The van der Waals surface area contributed by atoms with Gasteiger partial charge in [-0.15, -0.1) is 11.3 Å². The van der Waals surface area contributed by atoms with Gasteiger partial charge in [-0.05, 0) is 63.0 Å². The van der Waals surface area contributed by atoms with Gasteiger partial charge >= 0.3 is 0 Å². The van der Waals surface area contributed by atoms with E-state index >= 15 is 0 Å². The van der Waals surface area contributed by atoms with Gasteiger partial charge in [0.2, 0.25) is 5.95 Å². The molecule has 0 radical (unpaired) electrons. The van der Waals surface area contributed by atoms with E-state index in [-0.39, 0.29) is 5.43 Å². The van der Waals surface area contributed by atoms with Crippen LogP contribution in [0.25, 0.3) is 22.0 Å². The normalized spacial score (nSPS) is 13.7. The van der Waals surface area contributed by atoms with Crippen molar-refractivity contribution in [1.29, 1.82) is 0 Å². The van der Waals surface area contributed by atoms with Crippen molar-refractivity contribution in [2.24, 2.45) is 0 Å². The summed E-state index contributed by atoms with van der Waals surface area (Å²) in [5.41, 5.74) is 2.80. The van der Waals surface area contributed by atoms with Gasteiger partial charge in [0.15, 0.2) is 5.43 Å². The number of pyridine rings is 1. The van der Waals surface area contributed by atoms with E-state index in [4.69, 9.17) is 26.3 Å². The lowest BCUT2D eigenvalue weighted by Crippen LogP contribution is -2.25. The number of aromatic amines is 1. The number of halogens is 1. The van der Waals surface area contributed by atoms with E-state index in [9.17, 15) is 4.79 Å². The monoisotopic (exact) mass is 536 g/mol. The number of benzene rings is 1. The molecular weight excluding hydrogens is 508 g/mol. The van der Waals surface area contributed by atoms with Crippen molar-refractivity contribution in [2.75, 3.05) is 31.6 Å². The fourth-order valence-corrected chi connectivity index (χ4v) is 5.67. The molecule has 8 nitrogen and oxygen atoms in total. The number of anilines is 2. The molecule has 192 valence electrons. The minimum absolute atomic E-state index is 0.0739. The molecule has 0 unspecified atom stereocenters. The van der Waals surface area contributed by atoms with Crippen molar-refractivity contribution in [1.82, 2.24) is 24.8 Å². The van der Waals surface area contributed by atoms with Crippen LogP contribution in [-0.2, 0) is 6.42 Å². The van der Waals surface area contributed by atoms with Crippen molar-refractivity contribution >= 4 is 34.6 Å². The molecule has 4 heterocycles. The van der Waals surface area contributed by atoms with Gasteiger partial charge in [0.25, 0.3) is 0 Å². The lowest BCUT2D eigenvalue weighted by molar-refractivity contribution is 0.238. The SMILES string of the molecule is CCCc1nc(-c2cc(=O)cc[nH]2)c(-c2ccnc(Nc3ccc(OCCN4CCCC4)c(Cl)c3)n2)s1. The summed E-state index contributed by atoms with van der Waals surface area (Å²) >= 11 is 8.08. The smallest absolute Gasteiger partial charge is 0.227 e. The first-order valence-corrected chi connectivity index (χ1v) is 13.7. The summed E-state index contributed by atoms with van der Waals surface area (Å²) in [6.45, 7) is 5.93. The van der Waals surface area contributed by atoms with Crippen LogP contribution in [0.5, 0.6) is 5.75 Å². The molecule has 0 saturated carbocycles. The van der Waals surface area contributed by atoms with E-state index in [1.807, 2.05) is 24.3 Å². The number of hydrogen-bond acceptors (Lipinski definition) is 8. The second-order valence-corrected chi connectivity index (χ2v) is 10.4. The van der Waals surface area contributed by atoms with Gasteiger partial charge in [-0.2, -0.15) is 0 Å². The second-order valence-electron chi connectivity index (χ2n) is 8.91. The summed E-state index contributed by atoms with van der Waals surface area (Å²) in [4.78, 5) is 32.3. The van der Waals surface area contributed by atoms with Gasteiger partial charge in [-0.25, -0.2) is 15.0 Å². The molecular formula is C27H29ClN6O2S. The number of nitrogens with one attached hydrogen (secondary N) is 2. The van der Waals surface area contributed by atoms with E-state index in [1.165, 1.54) is 18.9 Å². The fourth-order valence-electron chi connectivity index (χ4n) is 4.28. The van der Waals surface area contributed by atoms with Crippen LogP contribution in [-0.4, -0.2) is 51.1 Å². The summed E-state index contributed by atoms with van der Waals surface area (Å²) in [7, 11) is 0. The lowest BCUT2D eigenvalue weighted by Gasteiger charge is -2.16. The Kier molecular flexibility index (Phi) is 8.13. The summed E-state index contributed by atoms with van der Waals surface area (Å²) in [5, 5.41) is 4.77. The summed E-state index contributed by atoms with van der Waals surface area (Å²) < 4.78 is 5.90. The van der Waals surface area contributed by atoms with E-state index in [1.54, 1.807) is 29.8 Å². The highest BCUT2D eigenvalue weighted by Gasteiger charge is 2.18. The van der Waals surface area contributed by atoms with Crippen LogP contribution in [0.3, 0.4) is 0 Å². The number of likely N-dealkylation sites (tertiary alicyclic amines) is 1. The summed E-state index contributed by atoms with van der Waals surface area (Å²) in [5.74, 6) is 1.10. The largest absolute Gasteiger partial charge is 0.491 e. The van der Waals surface area contributed by atoms with Gasteiger partial charge in [-0.1, -0.05) is 18.5 Å². The number of H-pyrrole nitrogens is 1. The molecule has 1 aliphatic rings. The molecule has 2 N–H and O–H groups in total. The Morgan fingerprint density at radius 3 is 2.81 bits per heavy atom. The maximum atomic E-state index is 12.0. The number of nitrogens with zero attached hydrogens (tertiary/aromatic N) is 4. The molecule has 10 heteroatoms. The van der Waals surface area contributed by atoms with Gasteiger partial charge in [0.05, 0.1) is 26.3 Å². The summed E-state index contributed by atoms with van der Waals surface area (Å²) in [6, 6.07) is 10.5. The third-order valence-corrected chi connectivity index (χ3v) is 7.54. The van der Waals surface area contributed by atoms with Crippen LogP contribution in [0.1, 0.15) is 31.2 Å². The van der Waals surface area contributed by atoms with E-state index in [0.29, 0.717) is 34.7 Å². The second kappa shape index (κ2) is 11.9. The van der Waals surface area contributed by atoms with Gasteiger partial charge in [0, 0.05) is 36.8 Å². The van der Waals surface area contributed by atoms with Crippen LogP contribution < -0.4 is 15.5 Å². The van der Waals surface area contributed by atoms with Crippen LogP contribution in [0, 0.1) is 0 Å². The highest BCUT2D eigenvalue weighted by atomic mass is 35.5. The van der Waals surface area contributed by atoms with Gasteiger partial charge in [-0.3, -0.25) is 9.69 Å². The maximum absolute atomic E-state index is 12.0. The Labute approximate surface area is 224 Å². The molecule has 1 aromatic carbocycles. The molecule has 0 atom stereocenters. The van der Waals surface area contributed by atoms with Gasteiger partial charge < -0.3 is 15.0 Å². The van der Waals surface area contributed by atoms with Crippen LogP contribution in [0.4, 0.5) is 11.6 Å². The molecule has 5 rings (SSSR count). The fraction of sp³-hybridized carbons (Fsp3) is 0.333. The number of hydrogen-bond donors (Lipinski definition) is 2. The molecule has 0 amide bonds. The number of rotatable bonds is 10. The Morgan fingerprint density at radius 2 is 2.03 bits per heavy atom. The zero-order chi connectivity index (χ0) is 25.6. The zero-order valence-electron chi connectivity index (χ0n) is 20.7. The Bertz CT molecular complexity index is 1420. The van der Waals surface area contributed by atoms with E-state index in [0.717, 1.165) is 53.7 Å². The molecule has 0 spiro atoms. The predicted octanol–water partition coefficient (Wildman–Crippen LogP) is 5.78. The Hall–Kier alpha value is -3.27. The third kappa shape index (κ3) is 6.36. The van der Waals surface area contributed by atoms with Crippen molar-refractivity contribution in [3.8, 4) is 27.7 Å². The van der Waals surface area contributed by atoms with E-state index < -0.39 is 0 Å². The molecule has 0 aliphatic carbocycles. The van der Waals surface area contributed by atoms with Crippen LogP contribution >= 0.6 is 22.9 Å². The number of thiazole rings is 1. The highest BCUT2D eigenvalue weighted by molar-refractivity contribution is 7.15. The molecule has 1 saturated heterocycles. The Morgan fingerprint density at radius 1 is 1.16 bits per heavy atom. The van der Waals surface area contributed by atoms with Crippen molar-refractivity contribution in [3.05, 3.63) is 69.0 Å². The van der Waals surface area contributed by atoms with E-state index in [2.05, 4.69) is 27.1 Å². The third-order valence-electron chi connectivity index (χ3n) is 6.10. The predicted molar refractivity (Wildman–Crippen MR) is 149 cm³/mol. The van der Waals surface area contributed by atoms with Crippen LogP contribution in [0.2, 0.25) is 5.02 Å².